The van der Waals surface area contributed by atoms with Crippen molar-refractivity contribution in [1.29, 1.82) is 0 Å². The minimum Gasteiger partial charge on any atom is -0.422 e. The van der Waals surface area contributed by atoms with E-state index in [2.05, 4.69) is 72.0 Å². The summed E-state index contributed by atoms with van der Waals surface area (Å²) < 4.78 is 116. The van der Waals surface area contributed by atoms with Crippen LogP contribution in [0.3, 0.4) is 0 Å². The number of rotatable bonds is 6. The number of hydrogen-bond acceptors (Lipinski definition) is 11. The van der Waals surface area contributed by atoms with Crippen molar-refractivity contribution >= 4 is 72.9 Å². The standard InChI is InChI=1S/C19H13F3N4.C12H8BrF3N2.C7H7BN2O2.C7H6F3N.C4H2BrClN2/c20-19(21,22)14-6-4-13(5-7-14)10-17-16(11-23-12-24-17)18-3-1-2-15-8-9-25-26(15)18;13-10-6-17-7-18-11(10)5-8-1-3-9(4-2-8)12(14,15)16;11-8(12)7-3-1-2-6-4-5-9-10(6)7;8-7(9,10)5-1-3-6(11)4-2-5;5-3-1-7-2-8-4(3)6/h1-9,11-12H,10H2;1-4,6-7H,5H2;1-5,11-12H;1-4H,11H2;1-2H. The number of pyridine rings is 2. The molecule has 26 heteroatoms. The van der Waals surface area contributed by atoms with Crippen LogP contribution in [0.4, 0.5) is 45.2 Å². The number of anilines is 1. The first-order valence-electron chi connectivity index (χ1n) is 21.4. The molecule has 0 spiro atoms. The fourth-order valence-corrected chi connectivity index (χ4v) is 7.15. The normalized spacial score (nSPS) is 11.2. The molecule has 7 aromatic heterocycles. The van der Waals surface area contributed by atoms with E-state index in [1.807, 2.05) is 30.3 Å². The summed E-state index contributed by atoms with van der Waals surface area (Å²) in [5.74, 6) is 0. The van der Waals surface area contributed by atoms with Crippen molar-refractivity contribution in [2.24, 2.45) is 0 Å². The first-order valence-corrected chi connectivity index (χ1v) is 23.4. The molecule has 0 saturated carbocycles. The second-order valence-corrected chi connectivity index (χ2v) is 17.4. The summed E-state index contributed by atoms with van der Waals surface area (Å²) in [6, 6.07) is 29.2. The van der Waals surface area contributed by atoms with E-state index >= 15 is 0 Å². The molecule has 0 radical (unpaired) electrons. The minimum absolute atomic E-state index is 0.331. The number of nitrogens with two attached hydrogens (primary N) is 1. The highest BCUT2D eigenvalue weighted by molar-refractivity contribution is 9.10. The topological polar surface area (TPSA) is 178 Å². The lowest BCUT2D eigenvalue weighted by atomic mass is 9.85. The fraction of sp³-hybridized carbons (Fsp3) is 0.102. The number of halogens is 12. The van der Waals surface area contributed by atoms with Gasteiger partial charge < -0.3 is 15.8 Å². The molecule has 0 aliphatic heterocycles. The van der Waals surface area contributed by atoms with E-state index in [0.717, 1.165) is 90.1 Å². The lowest BCUT2D eigenvalue weighted by Gasteiger charge is -2.11. The Morgan fingerprint density at radius 2 is 0.960 bits per heavy atom. The molecule has 0 unspecified atom stereocenters. The third kappa shape index (κ3) is 16.6. The number of hydrogen-bond donors (Lipinski definition) is 3. The molecule has 0 atom stereocenters. The molecular formula is C49H36BBr2ClF9N11O2. The average molecular weight is 1190 g/mol. The van der Waals surface area contributed by atoms with Crippen molar-refractivity contribution < 1.29 is 49.6 Å². The van der Waals surface area contributed by atoms with Crippen LogP contribution in [-0.4, -0.2) is 66.3 Å². The Morgan fingerprint density at radius 1 is 0.520 bits per heavy atom. The van der Waals surface area contributed by atoms with Gasteiger partial charge in [0.1, 0.15) is 24.1 Å². The van der Waals surface area contributed by atoms with E-state index in [4.69, 9.17) is 27.4 Å². The van der Waals surface area contributed by atoms with Gasteiger partial charge in [-0.25, -0.2) is 38.9 Å². The summed E-state index contributed by atoms with van der Waals surface area (Å²) >= 11 is 11.9. The maximum Gasteiger partial charge on any atom is 0.508 e. The van der Waals surface area contributed by atoms with Crippen molar-refractivity contribution in [3.05, 3.63) is 225 Å². The highest BCUT2D eigenvalue weighted by atomic mass is 79.9. The first kappa shape index (κ1) is 57.0. The molecule has 386 valence electrons. The van der Waals surface area contributed by atoms with E-state index in [9.17, 15) is 39.5 Å². The molecule has 0 aliphatic rings. The number of aromatic nitrogens is 10. The van der Waals surface area contributed by atoms with Crippen LogP contribution >= 0.6 is 43.5 Å². The van der Waals surface area contributed by atoms with Crippen molar-refractivity contribution in [3.8, 4) is 11.3 Å². The SMILES string of the molecule is Clc1ncncc1Br.FC(F)(F)c1ccc(Cc2ncncc2-c2cccc3ccnn23)cc1.FC(F)(F)c1ccc(Cc2ncncc2Br)cc1.Nc1ccc(C(F)(F)F)cc1.OB(O)c1cccc2ccnn12. The Labute approximate surface area is 442 Å². The third-order valence-electron chi connectivity index (χ3n) is 10.1. The fourth-order valence-electron chi connectivity index (χ4n) is 6.48. The molecule has 10 rings (SSSR count). The zero-order valence-corrected chi connectivity index (χ0v) is 42.1. The summed E-state index contributed by atoms with van der Waals surface area (Å²) in [6.45, 7) is 0. The molecule has 7 heterocycles. The quantitative estimate of drug-likeness (QED) is 0.0624. The van der Waals surface area contributed by atoms with Gasteiger partial charge in [0, 0.05) is 48.9 Å². The summed E-state index contributed by atoms with van der Waals surface area (Å²) in [5, 5.41) is 26.6. The van der Waals surface area contributed by atoms with Crippen LogP contribution in [0.15, 0.2) is 180 Å². The Morgan fingerprint density at radius 3 is 1.44 bits per heavy atom. The molecule has 75 heavy (non-hydrogen) atoms. The van der Waals surface area contributed by atoms with Crippen molar-refractivity contribution in [2.45, 2.75) is 31.4 Å². The molecule has 13 nitrogen and oxygen atoms in total. The van der Waals surface area contributed by atoms with Gasteiger partial charge in [-0.1, -0.05) is 48.0 Å². The second kappa shape index (κ2) is 25.8. The molecular weight excluding hydrogens is 1150 g/mol. The Bertz CT molecular complexity index is 3390. The van der Waals surface area contributed by atoms with Crippen LogP contribution in [0.1, 0.15) is 39.2 Å². The van der Waals surface area contributed by atoms with Crippen LogP contribution in [0.2, 0.25) is 5.15 Å². The maximum absolute atomic E-state index is 12.7. The van der Waals surface area contributed by atoms with E-state index < -0.39 is 42.3 Å². The van der Waals surface area contributed by atoms with Gasteiger partial charge in [-0.15, -0.1) is 0 Å². The van der Waals surface area contributed by atoms with Gasteiger partial charge in [-0.2, -0.15) is 49.7 Å². The van der Waals surface area contributed by atoms with E-state index in [0.29, 0.717) is 29.3 Å². The Kier molecular flexibility index (Phi) is 19.6. The van der Waals surface area contributed by atoms with Crippen molar-refractivity contribution in [3.63, 3.8) is 0 Å². The Hall–Kier alpha value is -7.32. The van der Waals surface area contributed by atoms with E-state index in [-0.39, 0.29) is 0 Å². The summed E-state index contributed by atoms with van der Waals surface area (Å²) in [7, 11) is -1.48. The first-order chi connectivity index (χ1) is 35.6. The van der Waals surface area contributed by atoms with Gasteiger partial charge in [0.2, 0.25) is 0 Å². The van der Waals surface area contributed by atoms with Gasteiger partial charge in [0.05, 0.1) is 65.5 Å². The monoisotopic (exact) mass is 1190 g/mol. The summed E-state index contributed by atoms with van der Waals surface area (Å²) in [4.78, 5) is 23.7. The average Bonchev–Trinajstić information content (AvgIpc) is 4.07. The number of nitrogens with zero attached hydrogens (tertiary/aromatic N) is 10. The predicted octanol–water partition coefficient (Wildman–Crippen LogP) is 11.4. The van der Waals surface area contributed by atoms with Gasteiger partial charge in [0.25, 0.3) is 0 Å². The van der Waals surface area contributed by atoms with Crippen LogP contribution in [0.25, 0.3) is 22.3 Å². The van der Waals surface area contributed by atoms with Crippen LogP contribution in [0.5, 0.6) is 0 Å². The maximum atomic E-state index is 12.7. The lowest BCUT2D eigenvalue weighted by molar-refractivity contribution is -0.138. The number of nitrogen functional groups attached to an aromatic ring is 1. The molecule has 0 amide bonds. The summed E-state index contributed by atoms with van der Waals surface area (Å²) in [6.07, 6.45) is 0.401. The predicted molar refractivity (Wildman–Crippen MR) is 270 cm³/mol. The molecule has 0 bridgehead atoms. The number of benzene rings is 3. The zero-order chi connectivity index (χ0) is 54.3. The highest BCUT2D eigenvalue weighted by Crippen LogP contribution is 2.32. The molecule has 0 aliphatic carbocycles. The third-order valence-corrected chi connectivity index (χ3v) is 11.9. The largest absolute Gasteiger partial charge is 0.508 e. The minimum atomic E-state index is -4.34. The molecule has 0 fully saturated rings. The van der Waals surface area contributed by atoms with Gasteiger partial charge in [-0.05, 0) is 128 Å². The van der Waals surface area contributed by atoms with Crippen LogP contribution < -0.4 is 11.3 Å². The van der Waals surface area contributed by atoms with Crippen molar-refractivity contribution in [2.75, 3.05) is 5.73 Å². The smallest absolute Gasteiger partial charge is 0.422 e. The van der Waals surface area contributed by atoms with Crippen molar-refractivity contribution in [1.82, 2.24) is 49.1 Å². The number of alkyl halides is 9. The highest BCUT2D eigenvalue weighted by Gasteiger charge is 2.31. The van der Waals surface area contributed by atoms with E-state index in [1.165, 1.54) is 59.9 Å². The summed E-state index contributed by atoms with van der Waals surface area (Å²) in [5.41, 5.74) is 10.3. The van der Waals surface area contributed by atoms with Gasteiger partial charge >= 0.3 is 25.6 Å². The van der Waals surface area contributed by atoms with Crippen LogP contribution in [0, 0.1) is 0 Å². The molecule has 0 saturated heterocycles. The van der Waals surface area contributed by atoms with Crippen LogP contribution in [-0.2, 0) is 31.4 Å². The van der Waals surface area contributed by atoms with Gasteiger partial charge in [0.15, 0.2) is 0 Å². The lowest BCUT2D eigenvalue weighted by Crippen LogP contribution is -2.35. The number of fused-ring (bicyclic) bond motifs is 2. The molecule has 10 aromatic rings. The molecule has 3 aromatic carbocycles. The second-order valence-electron chi connectivity index (χ2n) is 15.3. The zero-order valence-electron chi connectivity index (χ0n) is 38.1. The molecule has 4 N–H and O–H groups in total. The van der Waals surface area contributed by atoms with E-state index in [1.54, 1.807) is 53.7 Å². The Balaban J connectivity index is 0.000000163. The van der Waals surface area contributed by atoms with Gasteiger partial charge in [-0.3, -0.25) is 0 Å².